The van der Waals surface area contributed by atoms with E-state index >= 15 is 0 Å². The highest BCUT2D eigenvalue weighted by atomic mass is 16.6. The van der Waals surface area contributed by atoms with Crippen LogP contribution in [0.5, 0.6) is 11.5 Å². The van der Waals surface area contributed by atoms with Crippen LogP contribution in [0.3, 0.4) is 0 Å². The van der Waals surface area contributed by atoms with Gasteiger partial charge in [0.2, 0.25) is 5.91 Å². The summed E-state index contributed by atoms with van der Waals surface area (Å²) in [6.07, 6.45) is 1.71. The van der Waals surface area contributed by atoms with Crippen LogP contribution in [0.4, 0.5) is 10.6 Å². The molecule has 32 heavy (non-hydrogen) atoms. The van der Waals surface area contributed by atoms with Gasteiger partial charge in [0.1, 0.15) is 24.3 Å². The summed E-state index contributed by atoms with van der Waals surface area (Å²) in [5, 5.41) is 3.39. The lowest BCUT2D eigenvalue weighted by molar-refractivity contribution is -0.130. The highest BCUT2D eigenvalue weighted by molar-refractivity contribution is 5.92. The number of hydrogen-bond acceptors (Lipinski definition) is 8. The highest BCUT2D eigenvalue weighted by Gasteiger charge is 2.23. The van der Waals surface area contributed by atoms with Gasteiger partial charge in [0, 0.05) is 37.6 Å². The molecule has 0 unspecified atom stereocenters. The maximum Gasteiger partial charge on any atom is 0.408 e. The second-order valence-electron chi connectivity index (χ2n) is 8.50. The zero-order chi connectivity index (χ0) is 23.3. The number of nitrogens with zero attached hydrogens (tertiary/aromatic N) is 4. The standard InChI is InChI=1S/C22H31N5O5/c1-22(2,3)32-21(29)23-13-19(28)26-7-6-8-27(10-9-26)20-15-11-17(30-4)18(31-5)12-16(15)24-14-25-20/h11-12,14H,6-10,13H2,1-5H3,(H,23,29). The first-order valence-corrected chi connectivity index (χ1v) is 10.6. The molecule has 174 valence electrons. The fraction of sp³-hybridized carbons (Fsp3) is 0.545. The molecule has 3 rings (SSSR count). The van der Waals surface area contributed by atoms with Crippen molar-refractivity contribution in [2.45, 2.75) is 32.8 Å². The third kappa shape index (κ3) is 5.68. The van der Waals surface area contributed by atoms with E-state index in [0.717, 1.165) is 29.7 Å². The van der Waals surface area contributed by atoms with Gasteiger partial charge in [0.15, 0.2) is 11.5 Å². The van der Waals surface area contributed by atoms with Crippen LogP contribution >= 0.6 is 0 Å². The minimum absolute atomic E-state index is 0.0949. The Labute approximate surface area is 187 Å². The van der Waals surface area contributed by atoms with Crippen LogP contribution in [-0.2, 0) is 9.53 Å². The Morgan fingerprint density at radius 3 is 2.44 bits per heavy atom. The van der Waals surface area contributed by atoms with Crippen LogP contribution in [0.1, 0.15) is 27.2 Å². The van der Waals surface area contributed by atoms with Gasteiger partial charge >= 0.3 is 6.09 Å². The number of nitrogens with one attached hydrogen (secondary N) is 1. The van der Waals surface area contributed by atoms with E-state index in [1.54, 1.807) is 39.9 Å². The summed E-state index contributed by atoms with van der Waals surface area (Å²) in [5.41, 5.74) is 0.148. The molecule has 2 aromatic rings. The van der Waals surface area contributed by atoms with E-state index in [4.69, 9.17) is 14.2 Å². The third-order valence-corrected chi connectivity index (χ3v) is 5.05. The molecule has 0 atom stereocenters. The molecule has 1 aliphatic rings. The summed E-state index contributed by atoms with van der Waals surface area (Å²) in [5.74, 6) is 1.86. The van der Waals surface area contributed by atoms with Gasteiger partial charge in [-0.1, -0.05) is 0 Å². The van der Waals surface area contributed by atoms with Gasteiger partial charge in [0.05, 0.1) is 19.7 Å². The molecule has 1 fully saturated rings. The Kier molecular flexibility index (Phi) is 7.22. The largest absolute Gasteiger partial charge is 0.493 e. The molecule has 2 heterocycles. The van der Waals surface area contributed by atoms with E-state index in [0.29, 0.717) is 31.1 Å². The van der Waals surface area contributed by atoms with E-state index in [1.807, 2.05) is 12.1 Å². The molecule has 0 radical (unpaired) electrons. The van der Waals surface area contributed by atoms with Crippen molar-refractivity contribution in [3.05, 3.63) is 18.5 Å². The van der Waals surface area contributed by atoms with Gasteiger partial charge in [-0.05, 0) is 33.3 Å². The van der Waals surface area contributed by atoms with Crippen LogP contribution in [0.25, 0.3) is 10.9 Å². The number of anilines is 1. The van der Waals surface area contributed by atoms with Gasteiger partial charge in [-0.25, -0.2) is 14.8 Å². The van der Waals surface area contributed by atoms with Crippen LogP contribution in [0.2, 0.25) is 0 Å². The Morgan fingerprint density at radius 2 is 1.75 bits per heavy atom. The second-order valence-corrected chi connectivity index (χ2v) is 8.50. The molecule has 0 saturated carbocycles. The van der Waals surface area contributed by atoms with Crippen LogP contribution in [0.15, 0.2) is 18.5 Å². The first-order chi connectivity index (χ1) is 15.2. The number of methoxy groups -OCH3 is 2. The summed E-state index contributed by atoms with van der Waals surface area (Å²) in [6.45, 7) is 7.71. The van der Waals surface area contributed by atoms with E-state index in [-0.39, 0.29) is 12.5 Å². The third-order valence-electron chi connectivity index (χ3n) is 5.05. The smallest absolute Gasteiger partial charge is 0.408 e. The van der Waals surface area contributed by atoms with Crippen molar-refractivity contribution in [1.29, 1.82) is 0 Å². The predicted octanol–water partition coefficient (Wildman–Crippen LogP) is 2.21. The molecular formula is C22H31N5O5. The number of benzene rings is 1. The van der Waals surface area contributed by atoms with Gasteiger partial charge in [-0.15, -0.1) is 0 Å². The molecule has 10 heteroatoms. The minimum atomic E-state index is -0.608. The summed E-state index contributed by atoms with van der Waals surface area (Å²) < 4.78 is 16.0. The van der Waals surface area contributed by atoms with Crippen molar-refractivity contribution in [1.82, 2.24) is 20.2 Å². The van der Waals surface area contributed by atoms with Crippen molar-refractivity contribution in [3.8, 4) is 11.5 Å². The van der Waals surface area contributed by atoms with Crippen LogP contribution < -0.4 is 19.7 Å². The SMILES string of the molecule is COc1cc2ncnc(N3CCCN(C(=O)CNC(=O)OC(C)(C)C)CC3)c2cc1OC. The highest BCUT2D eigenvalue weighted by Crippen LogP contribution is 2.34. The predicted molar refractivity (Wildman–Crippen MR) is 120 cm³/mol. The topological polar surface area (TPSA) is 106 Å². The molecule has 1 aliphatic heterocycles. The number of carbonyl (C=O) groups excluding carboxylic acids is 2. The molecule has 1 N–H and O–H groups in total. The van der Waals surface area contributed by atoms with Crippen LogP contribution in [0, 0.1) is 0 Å². The molecule has 1 aromatic carbocycles. The number of hydrogen-bond donors (Lipinski definition) is 1. The number of rotatable bonds is 5. The minimum Gasteiger partial charge on any atom is -0.493 e. The zero-order valence-corrected chi connectivity index (χ0v) is 19.3. The van der Waals surface area contributed by atoms with Crippen molar-refractivity contribution >= 4 is 28.7 Å². The van der Waals surface area contributed by atoms with Gasteiger partial charge in [-0.2, -0.15) is 0 Å². The Morgan fingerprint density at radius 1 is 1.03 bits per heavy atom. The molecule has 0 aliphatic carbocycles. The number of ether oxygens (including phenoxy) is 3. The molecule has 0 bridgehead atoms. The monoisotopic (exact) mass is 445 g/mol. The Hall–Kier alpha value is -3.30. The summed E-state index contributed by atoms with van der Waals surface area (Å²) >= 11 is 0. The first kappa shape index (κ1) is 23.4. The maximum atomic E-state index is 12.6. The normalized spacial score (nSPS) is 14.7. The fourth-order valence-electron chi connectivity index (χ4n) is 3.57. The number of alkyl carbamates (subject to hydrolysis) is 1. The Balaban J connectivity index is 1.68. The van der Waals surface area contributed by atoms with E-state index < -0.39 is 11.7 Å². The van der Waals surface area contributed by atoms with E-state index in [1.165, 1.54) is 6.33 Å². The fourth-order valence-corrected chi connectivity index (χ4v) is 3.57. The molecule has 0 spiro atoms. The lowest BCUT2D eigenvalue weighted by Crippen LogP contribution is -2.43. The number of carbonyl (C=O) groups is 2. The lowest BCUT2D eigenvalue weighted by Gasteiger charge is -2.24. The molecular weight excluding hydrogens is 414 g/mol. The summed E-state index contributed by atoms with van der Waals surface area (Å²) in [4.78, 5) is 37.2. The maximum absolute atomic E-state index is 12.6. The Bertz CT molecular complexity index is 975. The van der Waals surface area contributed by atoms with Crippen molar-refractivity contribution in [2.24, 2.45) is 0 Å². The van der Waals surface area contributed by atoms with Crippen molar-refractivity contribution in [2.75, 3.05) is 51.8 Å². The lowest BCUT2D eigenvalue weighted by atomic mass is 10.2. The van der Waals surface area contributed by atoms with Crippen LogP contribution in [-0.4, -0.2) is 79.4 Å². The van der Waals surface area contributed by atoms with E-state index in [2.05, 4.69) is 20.2 Å². The quantitative estimate of drug-likeness (QED) is 0.747. The zero-order valence-electron chi connectivity index (χ0n) is 19.3. The second kappa shape index (κ2) is 9.88. The number of aromatic nitrogens is 2. The summed E-state index contributed by atoms with van der Waals surface area (Å²) in [7, 11) is 3.18. The van der Waals surface area contributed by atoms with Crippen molar-refractivity contribution < 1.29 is 23.8 Å². The average Bonchev–Trinajstić information content (AvgIpc) is 3.01. The number of amides is 2. The summed E-state index contributed by atoms with van der Waals surface area (Å²) in [6, 6.07) is 3.71. The average molecular weight is 446 g/mol. The first-order valence-electron chi connectivity index (χ1n) is 10.6. The molecule has 2 amide bonds. The molecule has 1 saturated heterocycles. The van der Waals surface area contributed by atoms with Crippen molar-refractivity contribution in [3.63, 3.8) is 0 Å². The van der Waals surface area contributed by atoms with Gasteiger partial charge in [-0.3, -0.25) is 4.79 Å². The van der Waals surface area contributed by atoms with Gasteiger partial charge < -0.3 is 29.3 Å². The number of fused-ring (bicyclic) bond motifs is 1. The molecule has 1 aromatic heterocycles. The van der Waals surface area contributed by atoms with Gasteiger partial charge in [0.25, 0.3) is 0 Å². The van der Waals surface area contributed by atoms with E-state index in [9.17, 15) is 9.59 Å². The molecule has 10 nitrogen and oxygen atoms in total.